The van der Waals surface area contributed by atoms with E-state index in [0.29, 0.717) is 12.5 Å². The molecule has 1 amide bonds. The lowest BCUT2D eigenvalue weighted by atomic mass is 9.97. The van der Waals surface area contributed by atoms with E-state index in [1.165, 1.54) is 0 Å². The zero-order valence-electron chi connectivity index (χ0n) is 8.34. The summed E-state index contributed by atoms with van der Waals surface area (Å²) in [4.78, 5) is 11.6. The highest BCUT2D eigenvalue weighted by molar-refractivity contribution is 5.79. The van der Waals surface area contributed by atoms with Gasteiger partial charge in [-0.3, -0.25) is 4.79 Å². The maximum absolute atomic E-state index is 11.6. The molecule has 1 aliphatic rings. The molecule has 13 heavy (non-hydrogen) atoms. The Labute approximate surface area is 79.3 Å². The fourth-order valence-corrected chi connectivity index (χ4v) is 1.55. The normalized spacial score (nSPS) is 30.1. The summed E-state index contributed by atoms with van der Waals surface area (Å²) in [7, 11) is 0. The topological polar surface area (TPSA) is 67.1 Å². The molecule has 4 heteroatoms. The minimum absolute atomic E-state index is 0.0358. The van der Waals surface area contributed by atoms with E-state index in [-0.39, 0.29) is 17.9 Å². The summed E-state index contributed by atoms with van der Waals surface area (Å²) in [6.45, 7) is 6.29. The predicted molar refractivity (Wildman–Crippen MR) is 52.2 cm³/mol. The molecule has 3 unspecified atom stereocenters. The first-order chi connectivity index (χ1) is 6.11. The van der Waals surface area contributed by atoms with Crippen LogP contribution in [-0.4, -0.2) is 31.6 Å². The quantitative estimate of drug-likeness (QED) is 0.545. The molecule has 3 atom stereocenters. The first-order valence-corrected chi connectivity index (χ1v) is 4.85. The Morgan fingerprint density at radius 2 is 2.38 bits per heavy atom. The van der Waals surface area contributed by atoms with Gasteiger partial charge in [0.15, 0.2) is 0 Å². The summed E-state index contributed by atoms with van der Waals surface area (Å²) in [5.74, 6) is 0.696. The van der Waals surface area contributed by atoms with Crippen molar-refractivity contribution < 1.29 is 4.79 Å². The zero-order valence-corrected chi connectivity index (χ0v) is 8.34. The highest BCUT2D eigenvalue weighted by atomic mass is 16.1. The van der Waals surface area contributed by atoms with Crippen LogP contribution in [0.15, 0.2) is 0 Å². The molecule has 0 aliphatic carbocycles. The molecular weight excluding hydrogens is 166 g/mol. The standard InChI is InChI=1S/C9H19N3O/c1-6-3-11-5-8(6)9(13)12-4-7(2)10/h6-8,11H,3-5,10H2,1-2H3,(H,12,13). The maximum atomic E-state index is 11.6. The van der Waals surface area contributed by atoms with Gasteiger partial charge in [-0.05, 0) is 19.4 Å². The van der Waals surface area contributed by atoms with E-state index < -0.39 is 0 Å². The largest absolute Gasteiger partial charge is 0.354 e. The first kappa shape index (κ1) is 10.5. The van der Waals surface area contributed by atoms with Gasteiger partial charge in [0.25, 0.3) is 0 Å². The third kappa shape index (κ3) is 2.97. The van der Waals surface area contributed by atoms with Gasteiger partial charge in [-0.15, -0.1) is 0 Å². The van der Waals surface area contributed by atoms with Crippen molar-refractivity contribution in [2.24, 2.45) is 17.6 Å². The minimum Gasteiger partial charge on any atom is -0.354 e. The van der Waals surface area contributed by atoms with Crippen LogP contribution in [0.2, 0.25) is 0 Å². The molecule has 1 heterocycles. The van der Waals surface area contributed by atoms with Gasteiger partial charge < -0.3 is 16.4 Å². The number of carbonyl (C=O) groups excluding carboxylic acids is 1. The van der Waals surface area contributed by atoms with Gasteiger partial charge in [0.1, 0.15) is 0 Å². The van der Waals surface area contributed by atoms with E-state index in [0.717, 1.165) is 13.1 Å². The van der Waals surface area contributed by atoms with E-state index in [1.807, 2.05) is 6.92 Å². The summed E-state index contributed by atoms with van der Waals surface area (Å²) in [6, 6.07) is 0.0358. The molecule has 1 fully saturated rings. The van der Waals surface area contributed by atoms with Crippen molar-refractivity contribution in [2.75, 3.05) is 19.6 Å². The minimum atomic E-state index is 0.0358. The van der Waals surface area contributed by atoms with Crippen LogP contribution in [0, 0.1) is 11.8 Å². The molecule has 0 spiro atoms. The molecule has 1 aliphatic heterocycles. The van der Waals surface area contributed by atoms with Gasteiger partial charge in [-0.1, -0.05) is 6.92 Å². The summed E-state index contributed by atoms with van der Waals surface area (Å²) in [6.07, 6.45) is 0. The molecular formula is C9H19N3O. The van der Waals surface area contributed by atoms with Gasteiger partial charge in [-0.25, -0.2) is 0 Å². The lowest BCUT2D eigenvalue weighted by molar-refractivity contribution is -0.125. The summed E-state index contributed by atoms with van der Waals surface area (Å²) in [5, 5.41) is 6.05. The Morgan fingerprint density at radius 1 is 1.69 bits per heavy atom. The van der Waals surface area contributed by atoms with E-state index in [9.17, 15) is 4.79 Å². The Morgan fingerprint density at radius 3 is 2.85 bits per heavy atom. The second-order valence-corrected chi connectivity index (χ2v) is 3.96. The van der Waals surface area contributed by atoms with Crippen LogP contribution in [0.4, 0.5) is 0 Å². The third-order valence-electron chi connectivity index (χ3n) is 2.45. The first-order valence-electron chi connectivity index (χ1n) is 4.85. The van der Waals surface area contributed by atoms with E-state index >= 15 is 0 Å². The Kier molecular flexibility index (Phi) is 3.69. The maximum Gasteiger partial charge on any atom is 0.224 e. The van der Waals surface area contributed by atoms with Crippen LogP contribution in [0.3, 0.4) is 0 Å². The van der Waals surface area contributed by atoms with Gasteiger partial charge in [0.05, 0.1) is 5.92 Å². The second-order valence-electron chi connectivity index (χ2n) is 3.96. The molecule has 76 valence electrons. The van der Waals surface area contributed by atoms with Crippen LogP contribution in [0.5, 0.6) is 0 Å². The summed E-state index contributed by atoms with van der Waals surface area (Å²) >= 11 is 0. The Bertz CT molecular complexity index is 182. The van der Waals surface area contributed by atoms with Crippen LogP contribution < -0.4 is 16.4 Å². The number of nitrogens with one attached hydrogen (secondary N) is 2. The predicted octanol–water partition coefficient (Wildman–Crippen LogP) is -0.695. The SMILES string of the molecule is CC(N)CNC(=O)C1CNCC1C. The van der Waals surface area contributed by atoms with Crippen molar-refractivity contribution in [1.29, 1.82) is 0 Å². The lowest BCUT2D eigenvalue weighted by Crippen LogP contribution is -2.40. The van der Waals surface area contributed by atoms with Crippen LogP contribution >= 0.6 is 0 Å². The lowest BCUT2D eigenvalue weighted by Gasteiger charge is -2.15. The fourth-order valence-electron chi connectivity index (χ4n) is 1.55. The van der Waals surface area contributed by atoms with Crippen molar-refractivity contribution in [2.45, 2.75) is 19.9 Å². The molecule has 0 aromatic rings. The molecule has 0 bridgehead atoms. The van der Waals surface area contributed by atoms with Crippen molar-refractivity contribution in [3.63, 3.8) is 0 Å². The van der Waals surface area contributed by atoms with Crippen molar-refractivity contribution >= 4 is 5.91 Å². The second kappa shape index (κ2) is 4.58. The van der Waals surface area contributed by atoms with Crippen molar-refractivity contribution in [3.8, 4) is 0 Å². The van der Waals surface area contributed by atoms with Gasteiger partial charge in [0, 0.05) is 19.1 Å². The van der Waals surface area contributed by atoms with E-state index in [2.05, 4.69) is 17.6 Å². The van der Waals surface area contributed by atoms with Crippen LogP contribution in [0.1, 0.15) is 13.8 Å². The Balaban J connectivity index is 2.30. The van der Waals surface area contributed by atoms with Gasteiger partial charge in [-0.2, -0.15) is 0 Å². The molecule has 0 saturated carbocycles. The average molecular weight is 185 g/mol. The number of hydrogen-bond acceptors (Lipinski definition) is 3. The third-order valence-corrected chi connectivity index (χ3v) is 2.45. The smallest absolute Gasteiger partial charge is 0.224 e. The number of carbonyl (C=O) groups is 1. The molecule has 4 nitrogen and oxygen atoms in total. The van der Waals surface area contributed by atoms with E-state index in [1.54, 1.807) is 0 Å². The monoisotopic (exact) mass is 185 g/mol. The Hall–Kier alpha value is -0.610. The van der Waals surface area contributed by atoms with Crippen molar-refractivity contribution in [3.05, 3.63) is 0 Å². The summed E-state index contributed by atoms with van der Waals surface area (Å²) in [5.41, 5.74) is 5.54. The van der Waals surface area contributed by atoms with Crippen LogP contribution in [-0.2, 0) is 4.79 Å². The van der Waals surface area contributed by atoms with E-state index in [4.69, 9.17) is 5.73 Å². The highest BCUT2D eigenvalue weighted by Crippen LogP contribution is 2.15. The number of hydrogen-bond donors (Lipinski definition) is 3. The molecule has 0 radical (unpaired) electrons. The molecule has 0 aromatic carbocycles. The van der Waals surface area contributed by atoms with Crippen molar-refractivity contribution in [1.82, 2.24) is 10.6 Å². The summed E-state index contributed by atoms with van der Waals surface area (Å²) < 4.78 is 0. The zero-order chi connectivity index (χ0) is 9.84. The van der Waals surface area contributed by atoms with Crippen LogP contribution in [0.25, 0.3) is 0 Å². The average Bonchev–Trinajstić information content (AvgIpc) is 2.47. The molecule has 1 rings (SSSR count). The fraction of sp³-hybridized carbons (Fsp3) is 0.889. The number of nitrogens with two attached hydrogens (primary N) is 1. The molecule has 0 aromatic heterocycles. The van der Waals surface area contributed by atoms with Gasteiger partial charge in [0.2, 0.25) is 5.91 Å². The van der Waals surface area contributed by atoms with Gasteiger partial charge >= 0.3 is 0 Å². The number of rotatable bonds is 3. The number of amides is 1. The highest BCUT2D eigenvalue weighted by Gasteiger charge is 2.29. The molecule has 1 saturated heterocycles. The molecule has 4 N–H and O–H groups in total.